The van der Waals surface area contributed by atoms with Gasteiger partial charge in [-0.3, -0.25) is 0 Å². The lowest BCUT2D eigenvalue weighted by Gasteiger charge is -2.05. The Morgan fingerprint density at radius 2 is 1.95 bits per heavy atom. The molecule has 0 aliphatic rings. The number of allylic oxidation sites excluding steroid dienone is 5. The maximum atomic E-state index is 14.2. The second kappa shape index (κ2) is 9.21. The van der Waals surface area contributed by atoms with Gasteiger partial charge in [0.1, 0.15) is 13.7 Å². The standard InChI is InChI=1S/C17H14BFS.C2H6/c1-3-14(18)8-6-12(2)15-9-7-13(11-16(15)19)17-5-4-10-20-17;1-2/h3-11H,1H2,2H3;1-2H3/b12-6+,14-8+;. The molecule has 112 valence electrons. The van der Waals surface area contributed by atoms with E-state index in [9.17, 15) is 4.39 Å². The van der Waals surface area contributed by atoms with Crippen molar-refractivity contribution in [2.24, 2.45) is 0 Å². The van der Waals surface area contributed by atoms with E-state index in [0.29, 0.717) is 11.0 Å². The molecule has 0 spiro atoms. The third-order valence-electron chi connectivity index (χ3n) is 2.96. The summed E-state index contributed by atoms with van der Waals surface area (Å²) in [7, 11) is 5.63. The molecule has 0 saturated heterocycles. The van der Waals surface area contributed by atoms with E-state index in [2.05, 4.69) is 6.58 Å². The van der Waals surface area contributed by atoms with Gasteiger partial charge in [0.25, 0.3) is 0 Å². The van der Waals surface area contributed by atoms with Crippen LogP contribution in [0, 0.1) is 5.82 Å². The van der Waals surface area contributed by atoms with Crippen molar-refractivity contribution in [3.63, 3.8) is 0 Å². The van der Waals surface area contributed by atoms with Crippen molar-refractivity contribution in [3.05, 3.63) is 77.4 Å². The smallest absolute Gasteiger partial charge is 0.131 e. The zero-order valence-corrected chi connectivity index (χ0v) is 14.1. The Labute approximate surface area is 138 Å². The summed E-state index contributed by atoms with van der Waals surface area (Å²) in [6, 6.07) is 9.24. The Balaban J connectivity index is 0.00000116. The molecule has 0 nitrogen and oxygen atoms in total. The molecule has 0 fully saturated rings. The minimum Gasteiger partial charge on any atom is -0.206 e. The van der Waals surface area contributed by atoms with Gasteiger partial charge in [0.15, 0.2) is 0 Å². The Morgan fingerprint density at radius 1 is 1.23 bits per heavy atom. The molecule has 22 heavy (non-hydrogen) atoms. The van der Waals surface area contributed by atoms with Gasteiger partial charge in [-0.1, -0.05) is 62.3 Å². The van der Waals surface area contributed by atoms with Gasteiger partial charge in [-0.15, -0.1) is 11.3 Å². The normalized spacial score (nSPS) is 11.6. The molecule has 1 heterocycles. The van der Waals surface area contributed by atoms with Gasteiger partial charge in [0.05, 0.1) is 0 Å². The van der Waals surface area contributed by atoms with E-state index in [1.165, 1.54) is 0 Å². The highest BCUT2D eigenvalue weighted by Gasteiger charge is 2.06. The van der Waals surface area contributed by atoms with Crippen LogP contribution in [0.2, 0.25) is 0 Å². The molecule has 1 aromatic carbocycles. The topological polar surface area (TPSA) is 0 Å². The molecule has 2 radical (unpaired) electrons. The highest BCUT2D eigenvalue weighted by Crippen LogP contribution is 2.28. The van der Waals surface area contributed by atoms with Crippen LogP contribution in [0.4, 0.5) is 4.39 Å². The van der Waals surface area contributed by atoms with Crippen molar-refractivity contribution in [2.75, 3.05) is 0 Å². The Morgan fingerprint density at radius 3 is 2.50 bits per heavy atom. The minimum absolute atomic E-state index is 0.227. The molecule has 3 heteroatoms. The molecule has 0 unspecified atom stereocenters. The predicted molar refractivity (Wildman–Crippen MR) is 98.7 cm³/mol. The first-order valence-corrected chi connectivity index (χ1v) is 8.10. The summed E-state index contributed by atoms with van der Waals surface area (Å²) in [5.41, 5.74) is 2.86. The number of hydrogen-bond acceptors (Lipinski definition) is 1. The largest absolute Gasteiger partial charge is 0.206 e. The van der Waals surface area contributed by atoms with Gasteiger partial charge >= 0.3 is 0 Å². The van der Waals surface area contributed by atoms with Crippen LogP contribution in [0.5, 0.6) is 0 Å². The molecule has 0 atom stereocenters. The lowest BCUT2D eigenvalue weighted by atomic mass is 9.94. The Bertz CT molecular complexity index is 667. The Kier molecular flexibility index (Phi) is 7.62. The van der Waals surface area contributed by atoms with Crippen LogP contribution in [-0.4, -0.2) is 7.85 Å². The summed E-state index contributed by atoms with van der Waals surface area (Å²) >= 11 is 1.60. The monoisotopic (exact) mass is 310 g/mol. The van der Waals surface area contributed by atoms with Crippen molar-refractivity contribution in [1.29, 1.82) is 0 Å². The molecule has 0 aliphatic heterocycles. The van der Waals surface area contributed by atoms with Crippen LogP contribution in [0.3, 0.4) is 0 Å². The zero-order valence-electron chi connectivity index (χ0n) is 13.3. The lowest BCUT2D eigenvalue weighted by Crippen LogP contribution is -1.88. The van der Waals surface area contributed by atoms with Gasteiger partial charge < -0.3 is 0 Å². The number of benzene rings is 1. The van der Waals surface area contributed by atoms with Crippen molar-refractivity contribution >= 4 is 24.8 Å². The summed E-state index contributed by atoms with van der Waals surface area (Å²) in [6.45, 7) is 9.43. The molecule has 2 rings (SSSR count). The molecule has 0 saturated carbocycles. The molecule has 0 N–H and O–H groups in total. The van der Waals surface area contributed by atoms with E-state index in [1.807, 2.05) is 44.4 Å². The van der Waals surface area contributed by atoms with E-state index in [0.717, 1.165) is 16.0 Å². The van der Waals surface area contributed by atoms with E-state index >= 15 is 0 Å². The summed E-state index contributed by atoms with van der Waals surface area (Å²) in [4.78, 5) is 1.06. The SMILES string of the molecule is CC.[B]/C(C=C)=C/C=C(\C)c1ccc(-c2cccs2)cc1F. The van der Waals surface area contributed by atoms with Crippen molar-refractivity contribution in [3.8, 4) is 10.4 Å². The molecule has 2 aromatic rings. The zero-order chi connectivity index (χ0) is 16.5. The first-order chi connectivity index (χ1) is 10.6. The van der Waals surface area contributed by atoms with Crippen LogP contribution >= 0.6 is 11.3 Å². The summed E-state index contributed by atoms with van der Waals surface area (Å²) in [5.74, 6) is -0.227. The van der Waals surface area contributed by atoms with Crippen molar-refractivity contribution < 1.29 is 4.39 Å². The van der Waals surface area contributed by atoms with Gasteiger partial charge in [-0.05, 0) is 35.6 Å². The molecule has 1 aromatic heterocycles. The van der Waals surface area contributed by atoms with Crippen molar-refractivity contribution in [2.45, 2.75) is 20.8 Å². The van der Waals surface area contributed by atoms with Crippen LogP contribution in [0.15, 0.2) is 66.0 Å². The predicted octanol–water partition coefficient (Wildman–Crippen LogP) is 6.22. The quantitative estimate of drug-likeness (QED) is 0.464. The van der Waals surface area contributed by atoms with Crippen molar-refractivity contribution in [1.82, 2.24) is 0 Å². The van der Waals surface area contributed by atoms with Gasteiger partial charge in [-0.2, -0.15) is 0 Å². The average molecular weight is 310 g/mol. The average Bonchev–Trinajstić information content (AvgIpc) is 3.08. The summed E-state index contributed by atoms with van der Waals surface area (Å²) < 4.78 is 14.2. The fourth-order valence-corrected chi connectivity index (χ4v) is 2.53. The van der Waals surface area contributed by atoms with E-state index < -0.39 is 0 Å². The van der Waals surface area contributed by atoms with Gasteiger partial charge in [0, 0.05) is 10.4 Å². The second-order valence-corrected chi connectivity index (χ2v) is 5.34. The van der Waals surface area contributed by atoms with Crippen LogP contribution in [-0.2, 0) is 0 Å². The van der Waals surface area contributed by atoms with E-state index in [-0.39, 0.29) is 5.82 Å². The number of halogens is 1. The van der Waals surface area contributed by atoms with E-state index in [4.69, 9.17) is 7.85 Å². The number of thiophene rings is 1. The van der Waals surface area contributed by atoms with Gasteiger partial charge in [0.2, 0.25) is 0 Å². The molecule has 0 bridgehead atoms. The van der Waals surface area contributed by atoms with Crippen LogP contribution in [0.1, 0.15) is 26.3 Å². The maximum Gasteiger partial charge on any atom is 0.131 e. The van der Waals surface area contributed by atoms with Crippen LogP contribution < -0.4 is 0 Å². The highest BCUT2D eigenvalue weighted by atomic mass is 32.1. The van der Waals surface area contributed by atoms with Crippen LogP contribution in [0.25, 0.3) is 16.0 Å². The number of hydrogen-bond donors (Lipinski definition) is 0. The molecule has 0 aliphatic carbocycles. The fourth-order valence-electron chi connectivity index (χ4n) is 1.81. The molecular formula is C19H20BFS. The summed E-state index contributed by atoms with van der Waals surface area (Å²) in [5, 5.41) is 1.98. The summed E-state index contributed by atoms with van der Waals surface area (Å²) in [6.07, 6.45) is 5.06. The molecular weight excluding hydrogens is 290 g/mol. The van der Waals surface area contributed by atoms with Gasteiger partial charge in [-0.25, -0.2) is 4.39 Å². The first-order valence-electron chi connectivity index (χ1n) is 7.22. The highest BCUT2D eigenvalue weighted by molar-refractivity contribution is 7.13. The maximum absolute atomic E-state index is 14.2. The fraction of sp³-hybridized carbons (Fsp3) is 0.158. The third-order valence-corrected chi connectivity index (χ3v) is 3.88. The first kappa shape index (κ1) is 18.2. The lowest BCUT2D eigenvalue weighted by molar-refractivity contribution is 0.624. The number of rotatable bonds is 4. The Hall–Kier alpha value is -1.87. The van der Waals surface area contributed by atoms with E-state index in [1.54, 1.807) is 41.7 Å². The second-order valence-electron chi connectivity index (χ2n) is 4.39. The molecule has 0 amide bonds. The minimum atomic E-state index is -0.227. The third kappa shape index (κ3) is 4.85.